The van der Waals surface area contributed by atoms with Crippen LogP contribution in [-0.4, -0.2) is 46.2 Å². The van der Waals surface area contributed by atoms with Crippen LogP contribution in [0.2, 0.25) is 0 Å². The molecule has 10 nitrogen and oxygen atoms in total. The predicted molar refractivity (Wildman–Crippen MR) is 156 cm³/mol. The van der Waals surface area contributed by atoms with E-state index in [9.17, 15) is 29.3 Å². The second-order valence-corrected chi connectivity index (χ2v) is 11.4. The zero-order valence-corrected chi connectivity index (χ0v) is 23.8. The molecule has 1 aliphatic heterocycles. The van der Waals surface area contributed by atoms with Crippen molar-refractivity contribution >= 4 is 35.1 Å². The van der Waals surface area contributed by atoms with Gasteiger partial charge in [0.05, 0.1) is 16.8 Å². The summed E-state index contributed by atoms with van der Waals surface area (Å²) < 4.78 is 5.36. The van der Waals surface area contributed by atoms with Gasteiger partial charge in [0.25, 0.3) is 11.6 Å². The van der Waals surface area contributed by atoms with Crippen molar-refractivity contribution in [1.82, 2.24) is 4.90 Å². The molecule has 3 aromatic rings. The van der Waals surface area contributed by atoms with Crippen molar-refractivity contribution in [3.05, 3.63) is 105 Å². The highest BCUT2D eigenvalue weighted by Gasteiger charge is 2.63. The first-order chi connectivity index (χ1) is 20.7. The van der Waals surface area contributed by atoms with Gasteiger partial charge in [0, 0.05) is 29.2 Å². The topological polar surface area (TPSA) is 136 Å². The van der Waals surface area contributed by atoms with Crippen LogP contribution in [0.3, 0.4) is 0 Å². The van der Waals surface area contributed by atoms with E-state index in [0.717, 1.165) is 33.6 Å². The van der Waals surface area contributed by atoms with Gasteiger partial charge in [0.15, 0.2) is 6.61 Å². The predicted octanol–water partition coefficient (Wildman–Crippen LogP) is 4.84. The lowest BCUT2D eigenvalue weighted by molar-refractivity contribution is -0.385. The number of anilines is 1. The fourth-order valence-corrected chi connectivity index (χ4v) is 7.07. The molecule has 1 fully saturated rings. The highest BCUT2D eigenvalue weighted by Crippen LogP contribution is 2.61. The van der Waals surface area contributed by atoms with Crippen molar-refractivity contribution in [2.24, 2.45) is 11.8 Å². The van der Waals surface area contributed by atoms with Crippen LogP contribution in [0.4, 0.5) is 11.4 Å². The standard InChI is InChI=1S/C33H31N3O7/c1-3-4-13-24(33(40)43-17-26(37)34-19-15-14-18(2)25(16-19)36(41)42)35-31(38)29-27-20-9-5-6-10-21(20)28(30(29)32(35)39)23-12-8-7-11-22(23)27/h5-12,14-16,24,27-30H,3-4,13,17H2,1-2H3,(H,34,37)/t24-,27?,28?,29+,30+/m1/s1. The number of benzene rings is 3. The number of ether oxygens (including phenoxy) is 1. The molecule has 3 amide bonds. The summed E-state index contributed by atoms with van der Waals surface area (Å²) in [4.78, 5) is 66.1. The third kappa shape index (κ3) is 4.67. The number of nitrogens with one attached hydrogen (secondary N) is 1. The third-order valence-corrected chi connectivity index (χ3v) is 8.93. The number of hydrogen-bond acceptors (Lipinski definition) is 7. The number of amides is 3. The number of carbonyl (C=O) groups excluding carboxylic acids is 4. The van der Waals surface area contributed by atoms with Crippen LogP contribution in [0.5, 0.6) is 0 Å². The van der Waals surface area contributed by atoms with Gasteiger partial charge in [-0.1, -0.05) is 74.4 Å². The molecule has 1 heterocycles. The lowest BCUT2D eigenvalue weighted by Gasteiger charge is -2.45. The Kier molecular flexibility index (Phi) is 7.29. The number of carbonyl (C=O) groups is 4. The summed E-state index contributed by atoms with van der Waals surface area (Å²) in [6.07, 6.45) is 1.51. The van der Waals surface area contributed by atoms with Gasteiger partial charge in [0.2, 0.25) is 11.8 Å². The Labute approximate surface area is 248 Å². The lowest BCUT2D eigenvalue weighted by Crippen LogP contribution is -2.47. The minimum atomic E-state index is -1.16. The second kappa shape index (κ2) is 11.1. The number of imide groups is 1. The van der Waals surface area contributed by atoms with E-state index in [2.05, 4.69) is 5.32 Å². The Bertz CT molecular complexity index is 1550. The molecule has 3 atom stereocenters. The van der Waals surface area contributed by atoms with Crippen LogP contribution in [0.15, 0.2) is 66.7 Å². The first-order valence-electron chi connectivity index (χ1n) is 14.5. The summed E-state index contributed by atoms with van der Waals surface area (Å²) >= 11 is 0. The number of esters is 1. The number of likely N-dealkylation sites (tertiary alicyclic amines) is 1. The van der Waals surface area contributed by atoms with E-state index < -0.39 is 41.3 Å². The monoisotopic (exact) mass is 581 g/mol. The minimum absolute atomic E-state index is 0.153. The van der Waals surface area contributed by atoms with Crippen molar-refractivity contribution in [3.63, 3.8) is 0 Å². The molecular weight excluding hydrogens is 550 g/mol. The Morgan fingerprint density at radius 1 is 0.930 bits per heavy atom. The van der Waals surface area contributed by atoms with E-state index in [4.69, 9.17) is 4.74 Å². The molecule has 220 valence electrons. The van der Waals surface area contributed by atoms with Crippen LogP contribution in [0.1, 0.15) is 65.8 Å². The van der Waals surface area contributed by atoms with Gasteiger partial charge in [-0.05, 0) is 41.7 Å². The number of rotatable bonds is 9. The molecule has 3 aromatic carbocycles. The normalized spacial score (nSPS) is 22.0. The molecule has 3 aliphatic carbocycles. The zero-order chi connectivity index (χ0) is 30.4. The Balaban J connectivity index is 1.23. The molecule has 0 radical (unpaired) electrons. The molecule has 0 aromatic heterocycles. The summed E-state index contributed by atoms with van der Waals surface area (Å²) in [7, 11) is 0. The molecule has 2 bridgehead atoms. The average Bonchev–Trinajstić information content (AvgIpc) is 3.27. The maximum atomic E-state index is 14.1. The molecular formula is C33H31N3O7. The number of nitro benzene ring substituents is 1. The lowest BCUT2D eigenvalue weighted by atomic mass is 9.55. The van der Waals surface area contributed by atoms with Crippen molar-refractivity contribution in [3.8, 4) is 0 Å². The number of hydrogen-bond donors (Lipinski definition) is 1. The SMILES string of the molecule is CCCC[C@H](C(=O)OCC(=O)Nc1ccc(C)c([N+](=O)[O-])c1)N1C(=O)[C@H]2C3c4ccccc4C(c4ccccc43)[C@@H]2C1=O. The van der Waals surface area contributed by atoms with Crippen molar-refractivity contribution < 1.29 is 28.8 Å². The fourth-order valence-electron chi connectivity index (χ4n) is 7.07. The maximum absolute atomic E-state index is 14.1. The van der Waals surface area contributed by atoms with E-state index in [-0.39, 0.29) is 41.4 Å². The Hall–Kier alpha value is -4.86. The molecule has 0 saturated carbocycles. The van der Waals surface area contributed by atoms with Gasteiger partial charge >= 0.3 is 5.97 Å². The van der Waals surface area contributed by atoms with Crippen LogP contribution >= 0.6 is 0 Å². The van der Waals surface area contributed by atoms with Crippen molar-refractivity contribution in [1.29, 1.82) is 0 Å². The fraction of sp³-hybridized carbons (Fsp3) is 0.333. The van der Waals surface area contributed by atoms with E-state index in [1.54, 1.807) is 6.92 Å². The molecule has 7 rings (SSSR count). The second-order valence-electron chi connectivity index (χ2n) is 11.4. The van der Waals surface area contributed by atoms with Crippen LogP contribution in [-0.2, 0) is 23.9 Å². The summed E-state index contributed by atoms with van der Waals surface area (Å²) in [6.45, 7) is 2.85. The quantitative estimate of drug-likeness (QED) is 0.165. The van der Waals surface area contributed by atoms with Crippen molar-refractivity contribution in [2.45, 2.75) is 51.0 Å². The van der Waals surface area contributed by atoms with Gasteiger partial charge in [-0.15, -0.1) is 0 Å². The third-order valence-electron chi connectivity index (χ3n) is 8.93. The van der Waals surface area contributed by atoms with Crippen LogP contribution in [0, 0.1) is 28.9 Å². The summed E-state index contributed by atoms with van der Waals surface area (Å²) in [5, 5.41) is 13.7. The summed E-state index contributed by atoms with van der Waals surface area (Å²) in [5.74, 6) is -4.14. The van der Waals surface area contributed by atoms with Gasteiger partial charge in [0.1, 0.15) is 6.04 Å². The van der Waals surface area contributed by atoms with E-state index in [1.807, 2.05) is 55.5 Å². The number of nitro groups is 1. The molecule has 4 aliphatic rings. The number of unbranched alkanes of at least 4 members (excludes halogenated alkanes) is 1. The first kappa shape index (κ1) is 28.3. The smallest absolute Gasteiger partial charge is 0.329 e. The van der Waals surface area contributed by atoms with E-state index in [1.165, 1.54) is 18.2 Å². The highest BCUT2D eigenvalue weighted by molar-refractivity contribution is 6.10. The summed E-state index contributed by atoms with van der Waals surface area (Å²) in [6, 6.07) is 18.9. The van der Waals surface area contributed by atoms with Gasteiger partial charge in [-0.25, -0.2) is 4.79 Å². The first-order valence-corrected chi connectivity index (χ1v) is 14.5. The van der Waals surface area contributed by atoms with Crippen molar-refractivity contribution in [2.75, 3.05) is 11.9 Å². The van der Waals surface area contributed by atoms with Gasteiger partial charge < -0.3 is 10.1 Å². The van der Waals surface area contributed by atoms with Gasteiger partial charge in [-0.3, -0.25) is 29.4 Å². The molecule has 43 heavy (non-hydrogen) atoms. The molecule has 0 spiro atoms. The number of nitrogens with zero attached hydrogens (tertiary/aromatic N) is 2. The Morgan fingerprint density at radius 3 is 1.95 bits per heavy atom. The van der Waals surface area contributed by atoms with Crippen LogP contribution < -0.4 is 5.32 Å². The zero-order valence-electron chi connectivity index (χ0n) is 23.8. The van der Waals surface area contributed by atoms with Crippen LogP contribution in [0.25, 0.3) is 0 Å². The number of aryl methyl sites for hydroxylation is 1. The van der Waals surface area contributed by atoms with Gasteiger partial charge in [-0.2, -0.15) is 0 Å². The molecule has 0 unspecified atom stereocenters. The summed E-state index contributed by atoms with van der Waals surface area (Å²) in [5.41, 5.74) is 4.62. The molecule has 1 saturated heterocycles. The average molecular weight is 582 g/mol. The minimum Gasteiger partial charge on any atom is -0.454 e. The molecule has 1 N–H and O–H groups in total. The highest BCUT2D eigenvalue weighted by atomic mass is 16.6. The largest absolute Gasteiger partial charge is 0.454 e. The molecule has 10 heteroatoms. The maximum Gasteiger partial charge on any atom is 0.329 e. The Morgan fingerprint density at radius 2 is 1.47 bits per heavy atom. The van der Waals surface area contributed by atoms with E-state index in [0.29, 0.717) is 12.0 Å². The van der Waals surface area contributed by atoms with E-state index >= 15 is 0 Å².